The minimum absolute atomic E-state index is 0.792. The lowest BCUT2D eigenvalue weighted by Gasteiger charge is -1.95. The molecule has 6 nitrogen and oxygen atoms in total. The van der Waals surface area contributed by atoms with Gasteiger partial charge >= 0.3 is 0 Å². The molecule has 2 aromatic heterocycles. The molecule has 2 rings (SSSR count). The maximum Gasteiger partial charge on any atom is 0.227 e. The van der Waals surface area contributed by atoms with Crippen LogP contribution in [0.5, 0.6) is 0 Å². The van der Waals surface area contributed by atoms with Crippen LogP contribution in [0.2, 0.25) is 0 Å². The predicted octanol–water partition coefficient (Wildman–Crippen LogP) is 3.45. The van der Waals surface area contributed by atoms with Gasteiger partial charge in [-0.3, -0.25) is 0 Å². The number of anilines is 2. The lowest BCUT2D eigenvalue weighted by atomic mass is 10.3. The summed E-state index contributed by atoms with van der Waals surface area (Å²) in [7, 11) is 0. The number of rotatable bonds is 4. The monoisotopic (exact) mass is 280 g/mol. The molecule has 0 bridgehead atoms. The summed E-state index contributed by atoms with van der Waals surface area (Å²) in [6.45, 7) is 13.6. The number of aryl methyl sites for hydroxylation is 2. The largest absolute Gasteiger partial charge is 0.367 e. The smallest absolute Gasteiger partial charge is 0.227 e. The molecule has 6 heteroatoms. The highest BCUT2D eigenvalue weighted by Crippen LogP contribution is 2.16. The number of nitrogens with one attached hydrogen (secondary N) is 2. The van der Waals surface area contributed by atoms with Gasteiger partial charge in [-0.05, 0) is 41.5 Å². The molecular formula is C14H24N4O2. The molecule has 0 amide bonds. The first-order chi connectivity index (χ1) is 9.51. The number of hydrogen-bond donors (Lipinski definition) is 2. The third-order valence-corrected chi connectivity index (χ3v) is 3.00. The van der Waals surface area contributed by atoms with Crippen molar-refractivity contribution < 1.29 is 9.05 Å². The van der Waals surface area contributed by atoms with Crippen molar-refractivity contribution in [1.82, 2.24) is 10.3 Å². The zero-order valence-electron chi connectivity index (χ0n) is 13.1. The first-order valence-electron chi connectivity index (χ1n) is 6.84. The van der Waals surface area contributed by atoms with Gasteiger partial charge in [0, 0.05) is 24.2 Å². The molecule has 2 heterocycles. The highest BCUT2D eigenvalue weighted by Gasteiger charge is 2.05. The van der Waals surface area contributed by atoms with Crippen LogP contribution in [0, 0.1) is 27.7 Å². The first-order valence-corrected chi connectivity index (χ1v) is 6.84. The average molecular weight is 280 g/mol. The van der Waals surface area contributed by atoms with Crippen molar-refractivity contribution in [2.75, 3.05) is 23.7 Å². The summed E-state index contributed by atoms with van der Waals surface area (Å²) in [5.41, 5.74) is 3.15. The van der Waals surface area contributed by atoms with Crippen LogP contribution in [0.4, 0.5) is 11.7 Å². The molecule has 0 saturated carbocycles. The standard InChI is InChI=1S/2C7H12N2O/c1-4-8-7-5(2)6(3)10-9-7;1-4-8-7-5(2)6(3)9-10-7/h4H2,1-3H3,(H,8,9);8H,4H2,1-3H3. The normalized spacial score (nSPS) is 9.90. The topological polar surface area (TPSA) is 76.1 Å². The van der Waals surface area contributed by atoms with E-state index in [1.807, 2.05) is 41.5 Å². The maximum atomic E-state index is 4.97. The Labute approximate surface area is 119 Å². The van der Waals surface area contributed by atoms with Gasteiger partial charge in [-0.25, -0.2) is 0 Å². The molecule has 0 unspecified atom stereocenters. The van der Waals surface area contributed by atoms with Crippen LogP contribution in [-0.4, -0.2) is 23.4 Å². The molecule has 0 fully saturated rings. The molecule has 2 N–H and O–H groups in total. The molecule has 0 aliphatic heterocycles. The Morgan fingerprint density at radius 3 is 1.90 bits per heavy atom. The number of aromatic nitrogens is 2. The van der Waals surface area contributed by atoms with Crippen LogP contribution >= 0.6 is 0 Å². The van der Waals surface area contributed by atoms with E-state index < -0.39 is 0 Å². The molecule has 0 spiro atoms. The SMILES string of the molecule is CCNc1noc(C)c1C.CCNc1onc(C)c1C. The van der Waals surface area contributed by atoms with E-state index >= 15 is 0 Å². The zero-order valence-corrected chi connectivity index (χ0v) is 13.1. The Morgan fingerprint density at radius 1 is 0.850 bits per heavy atom. The van der Waals surface area contributed by atoms with Gasteiger partial charge in [0.15, 0.2) is 5.82 Å². The molecule has 0 atom stereocenters. The van der Waals surface area contributed by atoms with E-state index in [4.69, 9.17) is 9.05 Å². The first kappa shape index (κ1) is 16.1. The Morgan fingerprint density at radius 2 is 1.50 bits per heavy atom. The summed E-state index contributed by atoms with van der Waals surface area (Å²) in [4.78, 5) is 0. The average Bonchev–Trinajstić information content (AvgIpc) is 2.91. The van der Waals surface area contributed by atoms with Gasteiger partial charge in [0.25, 0.3) is 0 Å². The van der Waals surface area contributed by atoms with E-state index in [9.17, 15) is 0 Å². The van der Waals surface area contributed by atoms with Crippen LogP contribution in [0.3, 0.4) is 0 Å². The van der Waals surface area contributed by atoms with E-state index in [-0.39, 0.29) is 0 Å². The second-order valence-electron chi connectivity index (χ2n) is 4.50. The number of hydrogen-bond acceptors (Lipinski definition) is 6. The van der Waals surface area contributed by atoms with Crippen molar-refractivity contribution in [3.05, 3.63) is 22.6 Å². The van der Waals surface area contributed by atoms with Crippen molar-refractivity contribution in [3.8, 4) is 0 Å². The third kappa shape index (κ3) is 4.01. The molecule has 0 radical (unpaired) electrons. The zero-order chi connectivity index (χ0) is 15.1. The molecule has 112 valence electrons. The van der Waals surface area contributed by atoms with Gasteiger partial charge in [-0.1, -0.05) is 10.3 Å². The van der Waals surface area contributed by atoms with Crippen LogP contribution in [0.15, 0.2) is 9.05 Å². The maximum absolute atomic E-state index is 4.97. The summed E-state index contributed by atoms with van der Waals surface area (Å²) in [6.07, 6.45) is 0. The van der Waals surface area contributed by atoms with Gasteiger partial charge in [0.05, 0.1) is 5.69 Å². The Hall–Kier alpha value is -1.98. The Bertz CT molecular complexity index is 483. The van der Waals surface area contributed by atoms with Crippen LogP contribution < -0.4 is 10.6 Å². The van der Waals surface area contributed by atoms with Gasteiger partial charge in [0.1, 0.15) is 5.76 Å². The molecule has 0 saturated heterocycles. The van der Waals surface area contributed by atoms with Crippen LogP contribution in [-0.2, 0) is 0 Å². The van der Waals surface area contributed by atoms with Crippen molar-refractivity contribution >= 4 is 11.7 Å². The fourth-order valence-electron chi connectivity index (χ4n) is 1.49. The summed E-state index contributed by atoms with van der Waals surface area (Å²) in [6, 6.07) is 0. The van der Waals surface area contributed by atoms with E-state index in [1.54, 1.807) is 0 Å². The van der Waals surface area contributed by atoms with Crippen LogP contribution in [0.25, 0.3) is 0 Å². The highest BCUT2D eigenvalue weighted by atomic mass is 16.5. The lowest BCUT2D eigenvalue weighted by molar-refractivity contribution is 0.399. The predicted molar refractivity (Wildman–Crippen MR) is 80.3 cm³/mol. The van der Waals surface area contributed by atoms with Gasteiger partial charge < -0.3 is 19.7 Å². The van der Waals surface area contributed by atoms with E-state index in [0.717, 1.165) is 47.4 Å². The molecule has 0 aliphatic carbocycles. The number of nitrogens with zero attached hydrogens (tertiary/aromatic N) is 2. The van der Waals surface area contributed by atoms with E-state index in [0.29, 0.717) is 0 Å². The van der Waals surface area contributed by atoms with Crippen molar-refractivity contribution in [3.63, 3.8) is 0 Å². The van der Waals surface area contributed by atoms with E-state index in [1.165, 1.54) is 0 Å². The molecule has 0 aromatic carbocycles. The highest BCUT2D eigenvalue weighted by molar-refractivity contribution is 5.43. The second kappa shape index (κ2) is 7.57. The third-order valence-electron chi connectivity index (χ3n) is 3.00. The Kier molecular flexibility index (Phi) is 6.09. The fourth-order valence-corrected chi connectivity index (χ4v) is 1.49. The summed E-state index contributed by atoms with van der Waals surface area (Å²) < 4.78 is 9.91. The minimum Gasteiger partial charge on any atom is -0.367 e. The van der Waals surface area contributed by atoms with Gasteiger partial charge in [-0.2, -0.15) is 0 Å². The van der Waals surface area contributed by atoms with E-state index in [2.05, 4.69) is 20.9 Å². The van der Waals surface area contributed by atoms with Crippen molar-refractivity contribution in [2.45, 2.75) is 41.5 Å². The van der Waals surface area contributed by atoms with Crippen molar-refractivity contribution in [2.24, 2.45) is 0 Å². The Balaban J connectivity index is 0.000000200. The molecule has 20 heavy (non-hydrogen) atoms. The molecular weight excluding hydrogens is 256 g/mol. The fraction of sp³-hybridized carbons (Fsp3) is 0.571. The summed E-state index contributed by atoms with van der Waals surface area (Å²) in [5, 5.41) is 13.8. The quantitative estimate of drug-likeness (QED) is 0.893. The molecule has 0 aliphatic rings. The second-order valence-corrected chi connectivity index (χ2v) is 4.50. The van der Waals surface area contributed by atoms with Crippen molar-refractivity contribution in [1.29, 1.82) is 0 Å². The van der Waals surface area contributed by atoms with Gasteiger partial charge in [0.2, 0.25) is 5.88 Å². The minimum atomic E-state index is 0.792. The van der Waals surface area contributed by atoms with Crippen LogP contribution in [0.1, 0.15) is 36.4 Å². The lowest BCUT2D eigenvalue weighted by Crippen LogP contribution is -1.97. The molecule has 2 aromatic rings. The summed E-state index contributed by atoms with van der Waals surface area (Å²) >= 11 is 0. The van der Waals surface area contributed by atoms with Gasteiger partial charge in [-0.15, -0.1) is 0 Å². The summed E-state index contributed by atoms with van der Waals surface area (Å²) in [5.74, 6) is 2.54.